The molecule has 0 aliphatic rings. The molecule has 0 heterocycles. The maximum Gasteiger partial charge on any atom is 0.264 e. The zero-order valence-electron chi connectivity index (χ0n) is 12.1. The number of ether oxygens (including phenoxy) is 2. The van der Waals surface area contributed by atoms with Crippen LogP contribution in [0.1, 0.15) is 10.4 Å². The zero-order chi connectivity index (χ0) is 16.8. The Morgan fingerprint density at radius 3 is 2.48 bits per heavy atom. The summed E-state index contributed by atoms with van der Waals surface area (Å²) in [5.41, 5.74) is 0.300. The molecule has 0 atom stereocenters. The van der Waals surface area contributed by atoms with E-state index in [-0.39, 0.29) is 5.75 Å². The lowest BCUT2D eigenvalue weighted by atomic mass is 10.2. The van der Waals surface area contributed by atoms with Crippen LogP contribution in [0.4, 0.5) is 4.39 Å². The van der Waals surface area contributed by atoms with Gasteiger partial charge < -0.3 is 9.47 Å². The molecule has 2 aromatic rings. The first-order valence-electron chi connectivity index (χ1n) is 6.55. The van der Waals surface area contributed by atoms with Crippen molar-refractivity contribution >= 4 is 27.7 Å². The fourth-order valence-electron chi connectivity index (χ4n) is 1.71. The van der Waals surface area contributed by atoms with Crippen LogP contribution in [0.15, 0.2) is 46.9 Å². The van der Waals surface area contributed by atoms with Crippen LogP contribution in [0.2, 0.25) is 0 Å². The molecule has 2 rings (SSSR count). The molecule has 0 saturated carbocycles. The minimum absolute atomic E-state index is 0.0692. The highest BCUT2D eigenvalue weighted by Gasteiger charge is 2.12. The summed E-state index contributed by atoms with van der Waals surface area (Å²) < 4.78 is 24.1. The lowest BCUT2D eigenvalue weighted by molar-refractivity contribution is -0.122. The van der Waals surface area contributed by atoms with E-state index in [9.17, 15) is 14.0 Å². The van der Waals surface area contributed by atoms with E-state index in [1.54, 1.807) is 18.2 Å². The molecule has 5 nitrogen and oxygen atoms in total. The van der Waals surface area contributed by atoms with Crippen LogP contribution in [0, 0.1) is 5.82 Å². The molecule has 1 N–H and O–H groups in total. The number of halogens is 2. The summed E-state index contributed by atoms with van der Waals surface area (Å²) in [5, 5.41) is 2.16. The Hall–Kier alpha value is -2.41. The van der Waals surface area contributed by atoms with Crippen molar-refractivity contribution in [3.05, 3.63) is 58.3 Å². The summed E-state index contributed by atoms with van der Waals surface area (Å²) in [6.07, 6.45) is 0. The molecule has 23 heavy (non-hydrogen) atoms. The van der Waals surface area contributed by atoms with Crippen LogP contribution in [-0.4, -0.2) is 25.5 Å². The van der Waals surface area contributed by atoms with E-state index >= 15 is 0 Å². The van der Waals surface area contributed by atoms with Crippen LogP contribution in [0.3, 0.4) is 0 Å². The van der Waals surface area contributed by atoms with Crippen molar-refractivity contribution in [2.24, 2.45) is 0 Å². The topological polar surface area (TPSA) is 64.6 Å². The van der Waals surface area contributed by atoms with Crippen molar-refractivity contribution in [1.29, 1.82) is 0 Å². The van der Waals surface area contributed by atoms with E-state index in [4.69, 9.17) is 9.47 Å². The number of carbonyl (C=O) groups excluding carboxylic acids is 2. The lowest BCUT2D eigenvalue weighted by Gasteiger charge is -2.08. The van der Waals surface area contributed by atoms with E-state index in [2.05, 4.69) is 21.2 Å². The van der Waals surface area contributed by atoms with Gasteiger partial charge in [0.2, 0.25) is 0 Å². The Morgan fingerprint density at radius 2 is 1.87 bits per heavy atom. The second-order valence-corrected chi connectivity index (χ2v) is 5.38. The number of amides is 2. The third-order valence-corrected chi connectivity index (χ3v) is 3.35. The van der Waals surface area contributed by atoms with Gasteiger partial charge in [0.15, 0.2) is 18.2 Å². The van der Waals surface area contributed by atoms with Crippen molar-refractivity contribution < 1.29 is 23.5 Å². The predicted molar refractivity (Wildman–Crippen MR) is 85.1 cm³/mol. The van der Waals surface area contributed by atoms with Gasteiger partial charge in [-0.15, -0.1) is 0 Å². The first-order chi connectivity index (χ1) is 11.0. The molecule has 0 aliphatic heterocycles. The molecule has 0 saturated heterocycles. The summed E-state index contributed by atoms with van der Waals surface area (Å²) >= 11 is 3.12. The Kier molecular flexibility index (Phi) is 5.70. The number of rotatable bonds is 5. The van der Waals surface area contributed by atoms with Crippen molar-refractivity contribution in [2.45, 2.75) is 0 Å². The minimum Gasteiger partial charge on any atom is -0.497 e. The van der Waals surface area contributed by atoms with Crippen LogP contribution in [-0.2, 0) is 4.79 Å². The van der Waals surface area contributed by atoms with Crippen LogP contribution >= 0.6 is 15.9 Å². The van der Waals surface area contributed by atoms with Gasteiger partial charge in [0, 0.05) is 10.0 Å². The maximum atomic E-state index is 13.5. The number of nitrogens with one attached hydrogen (secondary N) is 1. The smallest absolute Gasteiger partial charge is 0.264 e. The molecule has 120 valence electrons. The molecule has 0 radical (unpaired) electrons. The predicted octanol–water partition coefficient (Wildman–Crippen LogP) is 2.93. The molecule has 0 aliphatic carbocycles. The van der Waals surface area contributed by atoms with Gasteiger partial charge in [0.1, 0.15) is 5.75 Å². The second-order valence-electron chi connectivity index (χ2n) is 4.47. The fraction of sp³-hybridized carbons (Fsp3) is 0.125. The molecule has 2 aromatic carbocycles. The summed E-state index contributed by atoms with van der Waals surface area (Å²) in [6, 6.07) is 10.4. The van der Waals surface area contributed by atoms with E-state index in [1.165, 1.54) is 31.4 Å². The molecule has 0 spiro atoms. The third kappa shape index (κ3) is 4.79. The maximum absolute atomic E-state index is 13.5. The van der Waals surface area contributed by atoms with Crippen molar-refractivity contribution in [3.8, 4) is 11.5 Å². The number of imide groups is 1. The Morgan fingerprint density at radius 1 is 1.17 bits per heavy atom. The largest absolute Gasteiger partial charge is 0.497 e. The monoisotopic (exact) mass is 381 g/mol. The number of hydrogen-bond acceptors (Lipinski definition) is 4. The van der Waals surface area contributed by atoms with Gasteiger partial charge in [0.25, 0.3) is 11.8 Å². The molecule has 0 fully saturated rings. The van der Waals surface area contributed by atoms with Gasteiger partial charge in [-0.05, 0) is 42.5 Å². The lowest BCUT2D eigenvalue weighted by Crippen LogP contribution is -2.34. The Bertz CT molecular complexity index is 719. The first-order valence-corrected chi connectivity index (χ1v) is 7.35. The number of benzene rings is 2. The Labute approximate surface area is 140 Å². The second kappa shape index (κ2) is 7.73. The molecule has 0 bridgehead atoms. The van der Waals surface area contributed by atoms with Crippen molar-refractivity contribution in [2.75, 3.05) is 13.7 Å². The molecule has 0 unspecified atom stereocenters. The molecular weight excluding hydrogens is 369 g/mol. The van der Waals surface area contributed by atoms with Crippen LogP contribution < -0.4 is 14.8 Å². The van der Waals surface area contributed by atoms with Gasteiger partial charge in [-0.3, -0.25) is 14.9 Å². The normalized spacial score (nSPS) is 10.0. The zero-order valence-corrected chi connectivity index (χ0v) is 13.7. The van der Waals surface area contributed by atoms with Crippen molar-refractivity contribution in [3.63, 3.8) is 0 Å². The highest BCUT2D eigenvalue weighted by Crippen LogP contribution is 2.21. The quantitative estimate of drug-likeness (QED) is 0.864. The summed E-state index contributed by atoms with van der Waals surface area (Å²) in [4.78, 5) is 23.6. The molecule has 2 amide bonds. The standard InChI is InChI=1S/C16H13BrFNO4/c1-22-12-5-2-10(3-6-12)16(21)19-15(20)9-23-14-7-4-11(17)8-13(14)18/h2-8H,9H2,1H3,(H,19,20,21). The average Bonchev–Trinajstić information content (AvgIpc) is 2.54. The molecule has 0 aromatic heterocycles. The molecule has 7 heteroatoms. The van der Waals surface area contributed by atoms with Crippen molar-refractivity contribution in [1.82, 2.24) is 5.32 Å². The average molecular weight is 382 g/mol. The van der Waals surface area contributed by atoms with Crippen LogP contribution in [0.5, 0.6) is 11.5 Å². The number of methoxy groups -OCH3 is 1. The van der Waals surface area contributed by atoms with E-state index in [0.29, 0.717) is 15.8 Å². The van der Waals surface area contributed by atoms with Crippen LogP contribution in [0.25, 0.3) is 0 Å². The van der Waals surface area contributed by atoms with Gasteiger partial charge >= 0.3 is 0 Å². The summed E-state index contributed by atoms with van der Waals surface area (Å²) in [5.74, 6) is -1.32. The number of hydrogen-bond donors (Lipinski definition) is 1. The fourth-order valence-corrected chi connectivity index (χ4v) is 2.05. The third-order valence-electron chi connectivity index (χ3n) is 2.86. The molecular formula is C16H13BrFNO4. The highest BCUT2D eigenvalue weighted by molar-refractivity contribution is 9.10. The summed E-state index contributed by atoms with van der Waals surface area (Å²) in [7, 11) is 1.51. The minimum atomic E-state index is -0.673. The summed E-state index contributed by atoms with van der Waals surface area (Å²) in [6.45, 7) is -0.472. The van der Waals surface area contributed by atoms with Gasteiger partial charge in [-0.2, -0.15) is 0 Å². The van der Waals surface area contributed by atoms with E-state index in [1.807, 2.05) is 0 Å². The number of carbonyl (C=O) groups is 2. The van der Waals surface area contributed by atoms with Gasteiger partial charge in [-0.1, -0.05) is 15.9 Å². The van der Waals surface area contributed by atoms with E-state index in [0.717, 1.165) is 0 Å². The van der Waals surface area contributed by atoms with Gasteiger partial charge in [0.05, 0.1) is 7.11 Å². The highest BCUT2D eigenvalue weighted by atomic mass is 79.9. The van der Waals surface area contributed by atoms with E-state index < -0.39 is 24.2 Å². The SMILES string of the molecule is COc1ccc(C(=O)NC(=O)COc2ccc(Br)cc2F)cc1. The van der Waals surface area contributed by atoms with Gasteiger partial charge in [-0.25, -0.2) is 4.39 Å². The Balaban J connectivity index is 1.89. The first kappa shape index (κ1) is 17.0.